The molecule has 2 heterocycles. The maximum Gasteiger partial charge on any atom is 0.338 e. The van der Waals surface area contributed by atoms with E-state index in [9.17, 15) is 14.0 Å². The molecule has 3 aromatic rings. The van der Waals surface area contributed by atoms with Crippen molar-refractivity contribution in [3.05, 3.63) is 76.0 Å². The first-order valence-corrected chi connectivity index (χ1v) is 10.4. The number of anilines is 1. The summed E-state index contributed by atoms with van der Waals surface area (Å²) < 4.78 is 23.9. The molecule has 0 unspecified atom stereocenters. The summed E-state index contributed by atoms with van der Waals surface area (Å²) in [5.74, 6) is -0.173. The molecule has 1 aromatic heterocycles. The van der Waals surface area contributed by atoms with E-state index in [0.717, 1.165) is 11.4 Å². The molecule has 1 amide bonds. The molecule has 0 aliphatic carbocycles. The lowest BCUT2D eigenvalue weighted by Gasteiger charge is -2.16. The monoisotopic (exact) mass is 426 g/mol. The molecule has 0 radical (unpaired) electrons. The van der Waals surface area contributed by atoms with Gasteiger partial charge in [0.1, 0.15) is 29.8 Å². The second-order valence-electron chi connectivity index (χ2n) is 6.75. The van der Waals surface area contributed by atoms with E-state index in [4.69, 9.17) is 9.47 Å². The van der Waals surface area contributed by atoms with Gasteiger partial charge in [-0.05, 0) is 48.9 Å². The molecule has 30 heavy (non-hydrogen) atoms. The summed E-state index contributed by atoms with van der Waals surface area (Å²) in [6.45, 7) is 0.952. The number of halogens is 1. The second-order valence-corrected chi connectivity index (χ2v) is 7.69. The van der Waals surface area contributed by atoms with Crippen LogP contribution in [-0.4, -0.2) is 23.4 Å². The Labute approximate surface area is 176 Å². The minimum Gasteiger partial charge on any atom is -0.486 e. The smallest absolute Gasteiger partial charge is 0.338 e. The highest BCUT2D eigenvalue weighted by Gasteiger charge is 2.22. The molecule has 1 aliphatic rings. The standard InChI is InChI=1S/C22H19FN2O4S/c23-16-6-8-19(9-7-16)28-13-20-24-17(14-30-20)12-29-22(27)15-3-1-4-18(11-15)25-10-2-5-21(25)26/h1,3-4,6-9,11,14H,2,5,10,12-13H2. The number of ether oxygens (including phenoxy) is 2. The molecule has 8 heteroatoms. The number of amides is 1. The van der Waals surface area contributed by atoms with Crippen LogP contribution in [0.5, 0.6) is 5.75 Å². The van der Waals surface area contributed by atoms with Crippen molar-refractivity contribution in [1.82, 2.24) is 4.98 Å². The molecule has 0 spiro atoms. The number of hydrogen-bond donors (Lipinski definition) is 0. The third kappa shape index (κ3) is 4.83. The van der Waals surface area contributed by atoms with Crippen LogP contribution in [0.25, 0.3) is 0 Å². The van der Waals surface area contributed by atoms with Crippen molar-refractivity contribution < 1.29 is 23.5 Å². The maximum absolute atomic E-state index is 12.9. The van der Waals surface area contributed by atoms with E-state index in [0.29, 0.717) is 35.7 Å². The summed E-state index contributed by atoms with van der Waals surface area (Å²) in [6, 6.07) is 12.7. The molecule has 2 aromatic carbocycles. The Balaban J connectivity index is 1.31. The largest absolute Gasteiger partial charge is 0.486 e. The Bertz CT molecular complexity index is 1050. The van der Waals surface area contributed by atoms with Crippen LogP contribution in [0.4, 0.5) is 10.1 Å². The molecule has 0 N–H and O–H groups in total. The number of nitrogens with zero attached hydrogens (tertiary/aromatic N) is 2. The van der Waals surface area contributed by atoms with E-state index < -0.39 is 5.97 Å². The topological polar surface area (TPSA) is 68.7 Å². The summed E-state index contributed by atoms with van der Waals surface area (Å²) >= 11 is 1.39. The average Bonchev–Trinajstić information content (AvgIpc) is 3.40. The normalized spacial score (nSPS) is 13.5. The van der Waals surface area contributed by atoms with Gasteiger partial charge in [-0.1, -0.05) is 6.07 Å². The van der Waals surface area contributed by atoms with Crippen molar-refractivity contribution in [3.63, 3.8) is 0 Å². The van der Waals surface area contributed by atoms with Crippen LogP contribution in [0.2, 0.25) is 0 Å². The first kappa shape index (κ1) is 20.0. The quantitative estimate of drug-likeness (QED) is 0.526. The predicted molar refractivity (Wildman–Crippen MR) is 110 cm³/mol. The highest BCUT2D eigenvalue weighted by atomic mass is 32.1. The van der Waals surface area contributed by atoms with Gasteiger partial charge in [0.15, 0.2) is 0 Å². The molecule has 154 valence electrons. The zero-order chi connectivity index (χ0) is 20.9. The van der Waals surface area contributed by atoms with E-state index in [1.807, 2.05) is 6.07 Å². The van der Waals surface area contributed by atoms with Crippen LogP contribution in [0.3, 0.4) is 0 Å². The Kier molecular flexibility index (Phi) is 6.04. The number of carbonyl (C=O) groups excluding carboxylic acids is 2. The van der Waals surface area contributed by atoms with Gasteiger partial charge < -0.3 is 14.4 Å². The van der Waals surface area contributed by atoms with Crippen molar-refractivity contribution in [2.24, 2.45) is 0 Å². The van der Waals surface area contributed by atoms with Gasteiger partial charge in [0.2, 0.25) is 5.91 Å². The van der Waals surface area contributed by atoms with Crippen molar-refractivity contribution in [1.29, 1.82) is 0 Å². The molecule has 6 nitrogen and oxygen atoms in total. The molecule has 1 fully saturated rings. The van der Waals surface area contributed by atoms with Crippen LogP contribution < -0.4 is 9.64 Å². The molecule has 0 bridgehead atoms. The van der Waals surface area contributed by atoms with Gasteiger partial charge in [0.25, 0.3) is 0 Å². The number of rotatable bonds is 7. The molecule has 1 aliphatic heterocycles. The fourth-order valence-corrected chi connectivity index (χ4v) is 3.79. The third-order valence-electron chi connectivity index (χ3n) is 4.59. The number of benzene rings is 2. The summed E-state index contributed by atoms with van der Waals surface area (Å²) in [4.78, 5) is 30.4. The van der Waals surface area contributed by atoms with E-state index in [1.165, 1.54) is 23.5 Å². The fourth-order valence-electron chi connectivity index (χ4n) is 3.10. The second kappa shape index (κ2) is 9.04. The lowest BCUT2D eigenvalue weighted by Crippen LogP contribution is -2.23. The van der Waals surface area contributed by atoms with Gasteiger partial charge >= 0.3 is 5.97 Å². The van der Waals surface area contributed by atoms with E-state index >= 15 is 0 Å². The van der Waals surface area contributed by atoms with Gasteiger partial charge in [-0.15, -0.1) is 11.3 Å². The summed E-state index contributed by atoms with van der Waals surface area (Å²) in [7, 11) is 0. The average molecular weight is 426 g/mol. The van der Waals surface area contributed by atoms with Crippen LogP contribution in [-0.2, 0) is 22.7 Å². The minimum atomic E-state index is -0.472. The summed E-state index contributed by atoms with van der Waals surface area (Å²) in [6.07, 6.45) is 1.36. The maximum atomic E-state index is 12.9. The Hall–Kier alpha value is -3.26. The van der Waals surface area contributed by atoms with Crippen LogP contribution in [0.15, 0.2) is 53.9 Å². The van der Waals surface area contributed by atoms with E-state index in [2.05, 4.69) is 4.98 Å². The first-order valence-electron chi connectivity index (χ1n) is 9.48. The van der Waals surface area contributed by atoms with Crippen molar-refractivity contribution >= 4 is 28.9 Å². The van der Waals surface area contributed by atoms with Crippen LogP contribution >= 0.6 is 11.3 Å². The molecule has 0 saturated carbocycles. The predicted octanol–water partition coefficient (Wildman–Crippen LogP) is 4.35. The van der Waals surface area contributed by atoms with Crippen LogP contribution in [0, 0.1) is 5.82 Å². The van der Waals surface area contributed by atoms with Crippen LogP contribution in [0.1, 0.15) is 33.9 Å². The number of hydrogen-bond acceptors (Lipinski definition) is 6. The van der Waals surface area contributed by atoms with Crippen molar-refractivity contribution in [3.8, 4) is 5.75 Å². The lowest BCUT2D eigenvalue weighted by molar-refractivity contribution is -0.117. The van der Waals surface area contributed by atoms with Gasteiger partial charge in [-0.2, -0.15) is 0 Å². The number of aromatic nitrogens is 1. The number of carbonyl (C=O) groups is 2. The number of thiazole rings is 1. The van der Waals surface area contributed by atoms with Gasteiger partial charge in [0.05, 0.1) is 11.3 Å². The Morgan fingerprint density at radius 1 is 1.17 bits per heavy atom. The van der Waals surface area contributed by atoms with Crippen molar-refractivity contribution in [2.75, 3.05) is 11.4 Å². The Morgan fingerprint density at radius 2 is 2.00 bits per heavy atom. The van der Waals surface area contributed by atoms with E-state index in [1.54, 1.807) is 40.6 Å². The van der Waals surface area contributed by atoms with Gasteiger partial charge in [-0.25, -0.2) is 14.2 Å². The zero-order valence-electron chi connectivity index (χ0n) is 16.0. The van der Waals surface area contributed by atoms with Crippen molar-refractivity contribution in [2.45, 2.75) is 26.1 Å². The summed E-state index contributed by atoms with van der Waals surface area (Å²) in [5.41, 5.74) is 1.72. The molecule has 0 atom stereocenters. The zero-order valence-corrected chi connectivity index (χ0v) is 16.9. The highest BCUT2D eigenvalue weighted by molar-refractivity contribution is 7.09. The molecule has 4 rings (SSSR count). The molecular weight excluding hydrogens is 407 g/mol. The van der Waals surface area contributed by atoms with Gasteiger partial charge in [0, 0.05) is 24.0 Å². The fraction of sp³-hybridized carbons (Fsp3) is 0.227. The summed E-state index contributed by atoms with van der Waals surface area (Å²) in [5, 5.41) is 2.52. The molecule has 1 saturated heterocycles. The van der Waals surface area contributed by atoms with Gasteiger partial charge in [-0.3, -0.25) is 4.79 Å². The minimum absolute atomic E-state index is 0.0404. The SMILES string of the molecule is O=C(OCc1csc(COc2ccc(F)cc2)n1)c1cccc(N2CCCC2=O)c1. The number of esters is 1. The first-order chi connectivity index (χ1) is 14.6. The van der Waals surface area contributed by atoms with E-state index in [-0.39, 0.29) is 24.9 Å². The lowest BCUT2D eigenvalue weighted by atomic mass is 10.2. The Morgan fingerprint density at radius 3 is 2.77 bits per heavy atom. The molecular formula is C22H19FN2O4S. The highest BCUT2D eigenvalue weighted by Crippen LogP contribution is 2.23. The third-order valence-corrected chi connectivity index (χ3v) is 5.46.